The topological polar surface area (TPSA) is 24.1 Å². The second kappa shape index (κ2) is 5.50. The fourth-order valence-corrected chi connectivity index (χ4v) is 5.20. The molecule has 0 amide bonds. The highest BCUT2D eigenvalue weighted by molar-refractivity contribution is 5.14. The summed E-state index contributed by atoms with van der Waals surface area (Å²) in [5, 5.41) is 0. The number of nitrogens with one attached hydrogen (secondary N) is 2. The average molecular weight is 270 g/mol. The Bertz CT molecular complexity index is 414. The van der Waals surface area contributed by atoms with Crippen molar-refractivity contribution < 1.29 is 0 Å². The summed E-state index contributed by atoms with van der Waals surface area (Å²) in [6.07, 6.45) is 8.62. The largest absolute Gasteiger partial charge is 0.257 e. The van der Waals surface area contributed by atoms with Crippen molar-refractivity contribution in [2.24, 2.45) is 23.7 Å². The van der Waals surface area contributed by atoms with Crippen LogP contribution >= 0.6 is 0 Å². The van der Waals surface area contributed by atoms with Gasteiger partial charge in [0.15, 0.2) is 0 Å². The number of hydrazine groups is 1. The summed E-state index contributed by atoms with van der Waals surface area (Å²) >= 11 is 0. The maximum absolute atomic E-state index is 3.68. The third-order valence-corrected chi connectivity index (χ3v) is 5.88. The fraction of sp³-hybridized carbons (Fsp3) is 0.667. The first-order valence-electron chi connectivity index (χ1n) is 8.41. The minimum Gasteiger partial charge on any atom is -0.257 e. The Morgan fingerprint density at radius 3 is 2.15 bits per heavy atom. The van der Waals surface area contributed by atoms with Gasteiger partial charge in [0.05, 0.1) is 0 Å². The van der Waals surface area contributed by atoms with Gasteiger partial charge in [-0.15, -0.1) is 0 Å². The summed E-state index contributed by atoms with van der Waals surface area (Å²) in [7, 11) is 0. The quantitative estimate of drug-likeness (QED) is 0.634. The molecule has 4 bridgehead atoms. The van der Waals surface area contributed by atoms with Crippen molar-refractivity contribution >= 4 is 0 Å². The third-order valence-electron chi connectivity index (χ3n) is 5.88. The van der Waals surface area contributed by atoms with Crippen LogP contribution in [-0.2, 0) is 6.42 Å². The fourth-order valence-electron chi connectivity index (χ4n) is 5.20. The van der Waals surface area contributed by atoms with E-state index in [1.165, 1.54) is 31.2 Å². The lowest BCUT2D eigenvalue weighted by Crippen LogP contribution is -2.58. The van der Waals surface area contributed by atoms with Crippen LogP contribution in [0.2, 0.25) is 0 Å². The van der Waals surface area contributed by atoms with E-state index >= 15 is 0 Å². The molecule has 4 aliphatic carbocycles. The molecule has 0 atom stereocenters. The van der Waals surface area contributed by atoms with Crippen LogP contribution in [0, 0.1) is 23.7 Å². The van der Waals surface area contributed by atoms with E-state index in [0.29, 0.717) is 0 Å². The standard InChI is InChI=1S/C18H26N2/c1-2-4-13(5-3-1)6-7-19-20-18-16-9-14-8-15(11-16)12-17(18)10-14/h1-5,14-20H,6-12H2. The van der Waals surface area contributed by atoms with Gasteiger partial charge in [-0.05, 0) is 67.8 Å². The van der Waals surface area contributed by atoms with Crippen LogP contribution in [0.25, 0.3) is 0 Å². The zero-order chi connectivity index (χ0) is 13.4. The molecule has 0 aromatic heterocycles. The van der Waals surface area contributed by atoms with E-state index in [-0.39, 0.29) is 0 Å². The molecule has 4 saturated carbocycles. The minimum absolute atomic E-state index is 0.749. The van der Waals surface area contributed by atoms with Gasteiger partial charge in [0, 0.05) is 12.6 Å². The molecule has 1 aromatic rings. The van der Waals surface area contributed by atoms with Gasteiger partial charge in [0.2, 0.25) is 0 Å². The number of benzene rings is 1. The zero-order valence-electron chi connectivity index (χ0n) is 12.2. The lowest BCUT2D eigenvalue weighted by atomic mass is 9.54. The van der Waals surface area contributed by atoms with Crippen molar-refractivity contribution in [3.63, 3.8) is 0 Å². The molecule has 4 fully saturated rings. The number of hydrogen-bond acceptors (Lipinski definition) is 2. The Labute approximate surface area is 122 Å². The van der Waals surface area contributed by atoms with E-state index in [0.717, 1.165) is 42.7 Å². The predicted octanol–water partition coefficient (Wildman–Crippen LogP) is 3.15. The van der Waals surface area contributed by atoms with Crippen molar-refractivity contribution in [1.82, 2.24) is 10.9 Å². The van der Waals surface area contributed by atoms with Gasteiger partial charge in [0.1, 0.15) is 0 Å². The molecule has 0 radical (unpaired) electrons. The SMILES string of the molecule is c1ccc(CCNNC2C3CC4CC(C3)CC2C4)cc1. The summed E-state index contributed by atoms with van der Waals surface area (Å²) in [5.74, 6) is 4.05. The molecule has 0 spiro atoms. The van der Waals surface area contributed by atoms with E-state index in [4.69, 9.17) is 0 Å². The Morgan fingerprint density at radius 2 is 1.50 bits per heavy atom. The Kier molecular flexibility index (Phi) is 3.53. The summed E-state index contributed by atoms with van der Waals surface area (Å²) in [6, 6.07) is 11.5. The van der Waals surface area contributed by atoms with Crippen LogP contribution in [0.5, 0.6) is 0 Å². The average Bonchev–Trinajstić information content (AvgIpc) is 2.46. The predicted molar refractivity (Wildman–Crippen MR) is 82.1 cm³/mol. The highest BCUT2D eigenvalue weighted by Gasteiger charge is 2.47. The molecular weight excluding hydrogens is 244 g/mol. The van der Waals surface area contributed by atoms with Gasteiger partial charge in [-0.3, -0.25) is 10.9 Å². The van der Waals surface area contributed by atoms with Gasteiger partial charge < -0.3 is 0 Å². The highest BCUT2D eigenvalue weighted by atomic mass is 15.4. The summed E-state index contributed by atoms with van der Waals surface area (Å²) in [4.78, 5) is 0. The second-order valence-electron chi connectivity index (χ2n) is 7.26. The van der Waals surface area contributed by atoms with Gasteiger partial charge in [-0.1, -0.05) is 30.3 Å². The van der Waals surface area contributed by atoms with Crippen molar-refractivity contribution in [3.8, 4) is 0 Å². The summed E-state index contributed by atoms with van der Waals surface area (Å²) in [5.41, 5.74) is 8.62. The van der Waals surface area contributed by atoms with Crippen molar-refractivity contribution in [3.05, 3.63) is 35.9 Å². The molecule has 0 aliphatic heterocycles. The number of rotatable bonds is 5. The summed E-state index contributed by atoms with van der Waals surface area (Å²) in [6.45, 7) is 1.03. The van der Waals surface area contributed by atoms with Crippen molar-refractivity contribution in [2.45, 2.75) is 44.6 Å². The highest BCUT2D eigenvalue weighted by Crippen LogP contribution is 2.53. The van der Waals surface area contributed by atoms with Crippen LogP contribution in [0.15, 0.2) is 30.3 Å². The third kappa shape index (κ3) is 2.51. The van der Waals surface area contributed by atoms with Gasteiger partial charge in [0.25, 0.3) is 0 Å². The first-order valence-corrected chi connectivity index (χ1v) is 8.41. The van der Waals surface area contributed by atoms with Crippen LogP contribution in [-0.4, -0.2) is 12.6 Å². The van der Waals surface area contributed by atoms with Crippen LogP contribution in [0.3, 0.4) is 0 Å². The van der Waals surface area contributed by atoms with Crippen LogP contribution in [0.4, 0.5) is 0 Å². The lowest BCUT2D eigenvalue weighted by Gasteiger charge is -2.54. The Hall–Kier alpha value is -0.860. The molecule has 4 aliphatic rings. The normalized spacial score (nSPS) is 38.3. The molecule has 108 valence electrons. The molecule has 0 unspecified atom stereocenters. The maximum atomic E-state index is 3.68. The van der Waals surface area contributed by atoms with E-state index in [9.17, 15) is 0 Å². The molecule has 0 heterocycles. The maximum Gasteiger partial charge on any atom is 0.0269 e. The monoisotopic (exact) mass is 270 g/mol. The van der Waals surface area contributed by atoms with Crippen LogP contribution in [0.1, 0.15) is 37.7 Å². The van der Waals surface area contributed by atoms with Gasteiger partial charge >= 0.3 is 0 Å². The molecule has 0 saturated heterocycles. The van der Waals surface area contributed by atoms with E-state index in [1.807, 2.05) is 0 Å². The molecule has 20 heavy (non-hydrogen) atoms. The van der Waals surface area contributed by atoms with Gasteiger partial charge in [-0.2, -0.15) is 0 Å². The Balaban J connectivity index is 1.26. The first-order chi connectivity index (χ1) is 9.88. The molecule has 1 aromatic carbocycles. The van der Waals surface area contributed by atoms with E-state index in [1.54, 1.807) is 6.42 Å². The summed E-state index contributed by atoms with van der Waals surface area (Å²) < 4.78 is 0. The smallest absolute Gasteiger partial charge is 0.0269 e. The van der Waals surface area contributed by atoms with E-state index in [2.05, 4.69) is 41.2 Å². The first kappa shape index (κ1) is 12.8. The van der Waals surface area contributed by atoms with Crippen molar-refractivity contribution in [1.29, 1.82) is 0 Å². The number of hydrogen-bond donors (Lipinski definition) is 2. The lowest BCUT2D eigenvalue weighted by molar-refractivity contribution is -0.0186. The van der Waals surface area contributed by atoms with E-state index < -0.39 is 0 Å². The molecule has 2 N–H and O–H groups in total. The zero-order valence-corrected chi connectivity index (χ0v) is 12.2. The Morgan fingerprint density at radius 1 is 0.850 bits per heavy atom. The van der Waals surface area contributed by atoms with Gasteiger partial charge in [-0.25, -0.2) is 0 Å². The minimum atomic E-state index is 0.749. The molecular formula is C18H26N2. The molecule has 2 heteroatoms. The molecule has 2 nitrogen and oxygen atoms in total. The van der Waals surface area contributed by atoms with Crippen LogP contribution < -0.4 is 10.9 Å². The molecule has 5 rings (SSSR count). The van der Waals surface area contributed by atoms with Crippen molar-refractivity contribution in [2.75, 3.05) is 6.54 Å². The second-order valence-corrected chi connectivity index (χ2v) is 7.26.